The Morgan fingerprint density at radius 1 is 0.941 bits per heavy atom. The molecule has 0 aliphatic rings. The maximum Gasteiger partial charge on any atom is 0.142 e. The molecule has 0 N–H and O–H groups in total. The Morgan fingerprint density at radius 2 is 1.53 bits per heavy atom. The highest BCUT2D eigenvalue weighted by atomic mass is 16.1. The molecule has 17 heavy (non-hydrogen) atoms. The Hall–Kier alpha value is -2.09. The van der Waals surface area contributed by atoms with Gasteiger partial charge in [-0.1, -0.05) is 18.2 Å². The number of allylic oxidation sites excluding steroid dienone is 1. The molecule has 2 nitrogen and oxygen atoms in total. The molecule has 0 bridgehead atoms. The summed E-state index contributed by atoms with van der Waals surface area (Å²) in [5.74, 6) is 0. The van der Waals surface area contributed by atoms with E-state index >= 15 is 0 Å². The van der Waals surface area contributed by atoms with Crippen molar-refractivity contribution in [1.29, 1.82) is 0 Å². The quantitative estimate of drug-likeness (QED) is 0.580. The number of benzene rings is 1. The molecule has 1 aromatic carbocycles. The molecule has 0 unspecified atom stereocenters. The first kappa shape index (κ1) is 11.4. The lowest BCUT2D eigenvalue weighted by atomic mass is 10.2. The van der Waals surface area contributed by atoms with Crippen LogP contribution in [0.4, 0.5) is 0 Å². The molecule has 1 heterocycles. The van der Waals surface area contributed by atoms with E-state index in [4.69, 9.17) is 0 Å². The first-order chi connectivity index (χ1) is 8.22. The second kappa shape index (κ2) is 4.83. The fraction of sp³-hybridized carbons (Fsp3) is 0.133. The lowest BCUT2D eigenvalue weighted by Crippen LogP contribution is -1.98. The number of aromatic nitrogens is 1. The minimum Gasteiger partial charge on any atom is -0.319 e. The predicted octanol–water partition coefficient (Wildman–Crippen LogP) is 3.31. The lowest BCUT2D eigenvalue weighted by Gasteiger charge is -2.09. The Balaban J connectivity index is 2.36. The number of carbonyl (C=O) groups is 1. The summed E-state index contributed by atoms with van der Waals surface area (Å²) in [6.45, 7) is 4.18. The van der Waals surface area contributed by atoms with Crippen LogP contribution in [0, 0.1) is 13.8 Å². The average molecular weight is 225 g/mol. The molecular formula is C15H15NO. The fourth-order valence-corrected chi connectivity index (χ4v) is 1.96. The van der Waals surface area contributed by atoms with Crippen molar-refractivity contribution in [2.75, 3.05) is 0 Å². The van der Waals surface area contributed by atoms with Gasteiger partial charge in [-0.25, -0.2) is 0 Å². The van der Waals surface area contributed by atoms with Gasteiger partial charge in [0.25, 0.3) is 0 Å². The van der Waals surface area contributed by atoms with E-state index in [1.165, 1.54) is 17.5 Å². The molecule has 0 atom stereocenters. The van der Waals surface area contributed by atoms with Crippen LogP contribution in [0.25, 0.3) is 11.8 Å². The molecule has 2 aromatic rings. The molecule has 0 fully saturated rings. The third-order valence-corrected chi connectivity index (χ3v) is 2.79. The summed E-state index contributed by atoms with van der Waals surface area (Å²) in [6.07, 6.45) is 4.08. The van der Waals surface area contributed by atoms with E-state index in [9.17, 15) is 4.79 Å². The summed E-state index contributed by atoms with van der Waals surface area (Å²) < 4.78 is 2.20. The van der Waals surface area contributed by atoms with Crippen LogP contribution in [0.15, 0.2) is 42.5 Å². The molecule has 0 saturated carbocycles. The van der Waals surface area contributed by atoms with Gasteiger partial charge in [-0.15, -0.1) is 0 Å². The number of aryl methyl sites for hydroxylation is 2. The van der Waals surface area contributed by atoms with Gasteiger partial charge < -0.3 is 4.57 Å². The van der Waals surface area contributed by atoms with Crippen LogP contribution >= 0.6 is 0 Å². The SMILES string of the molecule is Cc1ccc(C)n1-c1ccc(/C=C/C=O)cc1. The molecule has 0 amide bonds. The van der Waals surface area contributed by atoms with Gasteiger partial charge in [0.05, 0.1) is 0 Å². The summed E-state index contributed by atoms with van der Waals surface area (Å²) >= 11 is 0. The molecule has 0 radical (unpaired) electrons. The monoisotopic (exact) mass is 225 g/mol. The topological polar surface area (TPSA) is 22.0 Å². The van der Waals surface area contributed by atoms with Crippen molar-refractivity contribution in [3.05, 3.63) is 59.4 Å². The third-order valence-electron chi connectivity index (χ3n) is 2.79. The highest BCUT2D eigenvalue weighted by Crippen LogP contribution is 2.17. The standard InChI is InChI=1S/C15H15NO/c1-12-5-6-13(2)16(12)15-9-7-14(8-10-15)4-3-11-17/h3-11H,1-2H3/b4-3+. The van der Waals surface area contributed by atoms with Crippen molar-refractivity contribution in [3.8, 4) is 5.69 Å². The van der Waals surface area contributed by atoms with Crippen LogP contribution in [0.5, 0.6) is 0 Å². The van der Waals surface area contributed by atoms with E-state index in [0.717, 1.165) is 17.5 Å². The largest absolute Gasteiger partial charge is 0.319 e. The van der Waals surface area contributed by atoms with Crippen molar-refractivity contribution < 1.29 is 4.79 Å². The van der Waals surface area contributed by atoms with Crippen molar-refractivity contribution in [1.82, 2.24) is 4.57 Å². The number of hydrogen-bond donors (Lipinski definition) is 0. The first-order valence-corrected chi connectivity index (χ1v) is 5.59. The van der Waals surface area contributed by atoms with Gasteiger partial charge in [-0.05, 0) is 49.8 Å². The molecule has 86 valence electrons. The van der Waals surface area contributed by atoms with E-state index in [1.54, 1.807) is 6.08 Å². The molecular weight excluding hydrogens is 210 g/mol. The van der Waals surface area contributed by atoms with E-state index in [-0.39, 0.29) is 0 Å². The Kier molecular flexibility index (Phi) is 3.24. The van der Waals surface area contributed by atoms with Gasteiger partial charge in [-0.2, -0.15) is 0 Å². The zero-order valence-electron chi connectivity index (χ0n) is 10.1. The van der Waals surface area contributed by atoms with E-state index in [2.05, 4.69) is 42.7 Å². The van der Waals surface area contributed by atoms with Gasteiger partial charge in [0, 0.05) is 17.1 Å². The number of rotatable bonds is 3. The van der Waals surface area contributed by atoms with Crippen LogP contribution in [-0.2, 0) is 4.79 Å². The average Bonchev–Trinajstić information content (AvgIpc) is 2.67. The molecule has 2 rings (SSSR count). The molecule has 1 aromatic heterocycles. The van der Waals surface area contributed by atoms with Crippen LogP contribution in [0.1, 0.15) is 17.0 Å². The maximum absolute atomic E-state index is 10.2. The second-order valence-corrected chi connectivity index (χ2v) is 4.04. The summed E-state index contributed by atoms with van der Waals surface area (Å²) in [5, 5.41) is 0. The Bertz CT molecular complexity index is 527. The smallest absolute Gasteiger partial charge is 0.142 e. The van der Waals surface area contributed by atoms with Gasteiger partial charge in [0.15, 0.2) is 0 Å². The van der Waals surface area contributed by atoms with Crippen molar-refractivity contribution in [3.63, 3.8) is 0 Å². The summed E-state index contributed by atoms with van der Waals surface area (Å²) in [5.41, 5.74) is 4.62. The molecule has 0 aliphatic carbocycles. The Labute approximate surface area is 101 Å². The van der Waals surface area contributed by atoms with Crippen LogP contribution in [-0.4, -0.2) is 10.9 Å². The van der Waals surface area contributed by atoms with Crippen molar-refractivity contribution in [2.24, 2.45) is 0 Å². The number of carbonyl (C=O) groups excluding carboxylic acids is 1. The molecule has 0 saturated heterocycles. The third kappa shape index (κ3) is 2.36. The van der Waals surface area contributed by atoms with Crippen molar-refractivity contribution >= 4 is 12.4 Å². The van der Waals surface area contributed by atoms with E-state index in [1.807, 2.05) is 12.1 Å². The van der Waals surface area contributed by atoms with Gasteiger partial charge in [0.2, 0.25) is 0 Å². The highest BCUT2D eigenvalue weighted by Gasteiger charge is 2.02. The number of hydrogen-bond acceptors (Lipinski definition) is 1. The van der Waals surface area contributed by atoms with Crippen LogP contribution in [0.3, 0.4) is 0 Å². The van der Waals surface area contributed by atoms with E-state index < -0.39 is 0 Å². The lowest BCUT2D eigenvalue weighted by molar-refractivity contribution is -0.104. The summed E-state index contributed by atoms with van der Waals surface area (Å²) in [4.78, 5) is 10.2. The number of nitrogens with zero attached hydrogens (tertiary/aromatic N) is 1. The fourth-order valence-electron chi connectivity index (χ4n) is 1.96. The van der Waals surface area contributed by atoms with Gasteiger partial charge in [-0.3, -0.25) is 4.79 Å². The number of aldehydes is 1. The summed E-state index contributed by atoms with van der Waals surface area (Å²) in [7, 11) is 0. The zero-order chi connectivity index (χ0) is 12.3. The molecule has 2 heteroatoms. The van der Waals surface area contributed by atoms with Crippen molar-refractivity contribution in [2.45, 2.75) is 13.8 Å². The minimum atomic E-state index is 0.786. The van der Waals surface area contributed by atoms with Crippen LogP contribution < -0.4 is 0 Å². The molecule has 0 spiro atoms. The highest BCUT2D eigenvalue weighted by molar-refractivity contribution is 5.73. The predicted molar refractivity (Wildman–Crippen MR) is 70.3 cm³/mol. The van der Waals surface area contributed by atoms with Gasteiger partial charge in [0.1, 0.15) is 6.29 Å². The minimum absolute atomic E-state index is 0.786. The maximum atomic E-state index is 10.2. The zero-order valence-corrected chi connectivity index (χ0v) is 10.1. The van der Waals surface area contributed by atoms with Gasteiger partial charge >= 0.3 is 0 Å². The Morgan fingerprint density at radius 3 is 2.06 bits per heavy atom. The normalized spacial score (nSPS) is 10.9. The summed E-state index contributed by atoms with van der Waals surface area (Å²) in [6, 6.07) is 12.3. The molecule has 0 aliphatic heterocycles. The second-order valence-electron chi connectivity index (χ2n) is 4.04. The van der Waals surface area contributed by atoms with Crippen LogP contribution in [0.2, 0.25) is 0 Å². The van der Waals surface area contributed by atoms with E-state index in [0.29, 0.717) is 0 Å². The first-order valence-electron chi connectivity index (χ1n) is 5.59.